The predicted octanol–water partition coefficient (Wildman–Crippen LogP) is 2.15. The van der Waals surface area contributed by atoms with Gasteiger partial charge in [0, 0.05) is 6.04 Å². The summed E-state index contributed by atoms with van der Waals surface area (Å²) in [7, 11) is -3.54. The summed E-state index contributed by atoms with van der Waals surface area (Å²) in [6.07, 6.45) is 2.33. The fourth-order valence-corrected chi connectivity index (χ4v) is 3.29. The molecule has 0 aliphatic rings. The number of amides is 1. The van der Waals surface area contributed by atoms with E-state index in [0.29, 0.717) is 12.1 Å². The molecule has 1 aromatic rings. The van der Waals surface area contributed by atoms with Crippen LogP contribution < -0.4 is 9.62 Å². The Balaban J connectivity index is 3.15. The molecule has 118 valence electrons. The SMILES string of the molecule is CC[C@H](C)NC(=O)[C@H](CC)N(c1ccccc1)S(C)(=O)=O. The number of carbonyl (C=O) groups is 1. The monoisotopic (exact) mass is 312 g/mol. The van der Waals surface area contributed by atoms with E-state index < -0.39 is 16.1 Å². The average molecular weight is 312 g/mol. The van der Waals surface area contributed by atoms with Crippen molar-refractivity contribution in [3.63, 3.8) is 0 Å². The smallest absolute Gasteiger partial charge is 0.244 e. The van der Waals surface area contributed by atoms with Crippen molar-refractivity contribution in [2.75, 3.05) is 10.6 Å². The van der Waals surface area contributed by atoms with Gasteiger partial charge in [-0.1, -0.05) is 32.0 Å². The minimum Gasteiger partial charge on any atom is -0.352 e. The van der Waals surface area contributed by atoms with Crippen molar-refractivity contribution in [1.29, 1.82) is 0 Å². The largest absolute Gasteiger partial charge is 0.352 e. The first-order valence-electron chi connectivity index (χ1n) is 7.16. The van der Waals surface area contributed by atoms with E-state index in [1.807, 2.05) is 26.8 Å². The Morgan fingerprint density at radius 1 is 1.19 bits per heavy atom. The van der Waals surface area contributed by atoms with Gasteiger partial charge in [0.15, 0.2) is 0 Å². The van der Waals surface area contributed by atoms with Gasteiger partial charge in [-0.05, 0) is 31.9 Å². The maximum Gasteiger partial charge on any atom is 0.244 e. The van der Waals surface area contributed by atoms with Gasteiger partial charge in [-0.3, -0.25) is 9.10 Å². The molecule has 1 aromatic carbocycles. The topological polar surface area (TPSA) is 66.5 Å². The van der Waals surface area contributed by atoms with E-state index in [0.717, 1.165) is 12.7 Å². The number of nitrogens with zero attached hydrogens (tertiary/aromatic N) is 1. The number of carbonyl (C=O) groups excluding carboxylic acids is 1. The van der Waals surface area contributed by atoms with Crippen LogP contribution in [0.1, 0.15) is 33.6 Å². The summed E-state index contributed by atoms with van der Waals surface area (Å²) < 4.78 is 25.5. The molecule has 0 unspecified atom stereocenters. The van der Waals surface area contributed by atoms with Crippen LogP contribution in [0.25, 0.3) is 0 Å². The highest BCUT2D eigenvalue weighted by Gasteiger charge is 2.31. The zero-order valence-corrected chi connectivity index (χ0v) is 13.9. The Morgan fingerprint density at radius 3 is 2.19 bits per heavy atom. The van der Waals surface area contributed by atoms with E-state index in [2.05, 4.69) is 5.32 Å². The van der Waals surface area contributed by atoms with Crippen LogP contribution in [0.4, 0.5) is 5.69 Å². The summed E-state index contributed by atoms with van der Waals surface area (Å²) in [4.78, 5) is 12.4. The van der Waals surface area contributed by atoms with Gasteiger partial charge in [-0.15, -0.1) is 0 Å². The summed E-state index contributed by atoms with van der Waals surface area (Å²) in [5.41, 5.74) is 0.506. The molecule has 1 N–H and O–H groups in total. The van der Waals surface area contributed by atoms with Crippen LogP contribution in [-0.2, 0) is 14.8 Å². The lowest BCUT2D eigenvalue weighted by Crippen LogP contribution is -2.51. The fraction of sp³-hybridized carbons (Fsp3) is 0.533. The second kappa shape index (κ2) is 7.45. The number of sulfonamides is 1. The van der Waals surface area contributed by atoms with Crippen LogP contribution in [0, 0.1) is 0 Å². The molecular weight excluding hydrogens is 288 g/mol. The first kappa shape index (κ1) is 17.5. The van der Waals surface area contributed by atoms with E-state index in [-0.39, 0.29) is 11.9 Å². The normalized spacial score (nSPS) is 14.3. The maximum atomic E-state index is 12.4. The van der Waals surface area contributed by atoms with Gasteiger partial charge in [-0.2, -0.15) is 0 Å². The van der Waals surface area contributed by atoms with Crippen molar-refractivity contribution in [3.05, 3.63) is 30.3 Å². The molecule has 5 nitrogen and oxygen atoms in total. The molecule has 0 radical (unpaired) electrons. The fourth-order valence-electron chi connectivity index (χ4n) is 2.08. The van der Waals surface area contributed by atoms with Gasteiger partial charge < -0.3 is 5.32 Å². The minimum atomic E-state index is -3.54. The standard InChI is InChI=1S/C15H24N2O3S/c1-5-12(3)16-15(18)14(6-2)17(21(4,19)20)13-10-8-7-9-11-13/h7-12,14H,5-6H2,1-4H3,(H,16,18)/t12-,14-/m0/s1. The minimum absolute atomic E-state index is 0.0173. The number of rotatable bonds is 7. The third-order valence-corrected chi connectivity index (χ3v) is 4.52. The number of para-hydroxylation sites is 1. The van der Waals surface area contributed by atoms with Crippen LogP contribution >= 0.6 is 0 Å². The third kappa shape index (κ3) is 4.74. The molecule has 2 atom stereocenters. The molecule has 1 amide bonds. The van der Waals surface area contributed by atoms with Crippen molar-refractivity contribution in [2.24, 2.45) is 0 Å². The van der Waals surface area contributed by atoms with Gasteiger partial charge in [0.1, 0.15) is 6.04 Å². The van der Waals surface area contributed by atoms with Crippen LogP contribution in [0.3, 0.4) is 0 Å². The predicted molar refractivity (Wildman–Crippen MR) is 85.7 cm³/mol. The molecular formula is C15H24N2O3S. The Labute approximate surface area is 127 Å². The van der Waals surface area contributed by atoms with Crippen LogP contribution in [-0.4, -0.2) is 32.7 Å². The Hall–Kier alpha value is -1.56. The first-order valence-corrected chi connectivity index (χ1v) is 9.00. The van der Waals surface area contributed by atoms with Crippen molar-refractivity contribution >= 4 is 21.6 Å². The summed E-state index contributed by atoms with van der Waals surface area (Å²) in [5, 5.41) is 2.86. The second-order valence-corrected chi connectivity index (χ2v) is 7.00. The molecule has 0 fully saturated rings. The summed E-state index contributed by atoms with van der Waals surface area (Å²) in [5.74, 6) is -0.263. The molecule has 6 heteroatoms. The molecule has 0 heterocycles. The lowest BCUT2D eigenvalue weighted by atomic mass is 10.1. The molecule has 1 rings (SSSR count). The number of benzene rings is 1. The van der Waals surface area contributed by atoms with Crippen molar-refractivity contribution in [3.8, 4) is 0 Å². The van der Waals surface area contributed by atoms with E-state index in [4.69, 9.17) is 0 Å². The molecule has 21 heavy (non-hydrogen) atoms. The zero-order valence-electron chi connectivity index (χ0n) is 13.0. The van der Waals surface area contributed by atoms with Gasteiger partial charge in [-0.25, -0.2) is 8.42 Å². The summed E-state index contributed by atoms with van der Waals surface area (Å²) in [6, 6.07) is 7.99. The number of nitrogens with one attached hydrogen (secondary N) is 1. The average Bonchev–Trinajstić information content (AvgIpc) is 2.43. The first-order chi connectivity index (χ1) is 9.81. The third-order valence-electron chi connectivity index (χ3n) is 3.34. The van der Waals surface area contributed by atoms with E-state index in [1.54, 1.807) is 24.3 Å². The molecule has 0 aliphatic heterocycles. The zero-order chi connectivity index (χ0) is 16.0. The van der Waals surface area contributed by atoms with E-state index in [9.17, 15) is 13.2 Å². The van der Waals surface area contributed by atoms with Gasteiger partial charge in [0.25, 0.3) is 0 Å². The Bertz CT molecular complexity index is 558. The van der Waals surface area contributed by atoms with Crippen LogP contribution in [0.2, 0.25) is 0 Å². The molecule has 0 spiro atoms. The van der Waals surface area contributed by atoms with Gasteiger partial charge in [0.05, 0.1) is 11.9 Å². The number of hydrogen-bond acceptors (Lipinski definition) is 3. The van der Waals surface area contributed by atoms with Crippen molar-refractivity contribution in [2.45, 2.75) is 45.7 Å². The number of anilines is 1. The highest BCUT2D eigenvalue weighted by Crippen LogP contribution is 2.22. The van der Waals surface area contributed by atoms with Gasteiger partial charge >= 0.3 is 0 Å². The van der Waals surface area contributed by atoms with Gasteiger partial charge in [0.2, 0.25) is 15.9 Å². The number of hydrogen-bond donors (Lipinski definition) is 1. The Morgan fingerprint density at radius 2 is 1.76 bits per heavy atom. The highest BCUT2D eigenvalue weighted by molar-refractivity contribution is 7.92. The van der Waals surface area contributed by atoms with E-state index in [1.165, 1.54) is 4.31 Å². The van der Waals surface area contributed by atoms with Crippen molar-refractivity contribution in [1.82, 2.24) is 5.32 Å². The van der Waals surface area contributed by atoms with Crippen LogP contribution in [0.15, 0.2) is 30.3 Å². The maximum absolute atomic E-state index is 12.4. The lowest BCUT2D eigenvalue weighted by Gasteiger charge is -2.30. The highest BCUT2D eigenvalue weighted by atomic mass is 32.2. The molecule has 0 aromatic heterocycles. The lowest BCUT2D eigenvalue weighted by molar-refractivity contribution is -0.122. The molecule has 0 saturated carbocycles. The molecule has 0 aliphatic carbocycles. The van der Waals surface area contributed by atoms with Crippen LogP contribution in [0.5, 0.6) is 0 Å². The molecule has 0 bridgehead atoms. The second-order valence-electron chi connectivity index (χ2n) is 5.14. The quantitative estimate of drug-likeness (QED) is 0.839. The summed E-state index contributed by atoms with van der Waals surface area (Å²) in [6.45, 7) is 5.68. The van der Waals surface area contributed by atoms with E-state index >= 15 is 0 Å². The molecule has 0 saturated heterocycles. The summed E-state index contributed by atoms with van der Waals surface area (Å²) >= 11 is 0. The Kier molecular flexibility index (Phi) is 6.20. The van der Waals surface area contributed by atoms with Crippen molar-refractivity contribution < 1.29 is 13.2 Å².